The number of carbonyl (C=O) groups is 2. The van der Waals surface area contributed by atoms with Crippen LogP contribution in [0.2, 0.25) is 0 Å². The highest BCUT2D eigenvalue weighted by Gasteiger charge is 2.47. The first-order chi connectivity index (χ1) is 23.9. The number of nitrogens with zero attached hydrogens (tertiary/aromatic N) is 5. The van der Waals surface area contributed by atoms with Crippen molar-refractivity contribution in [1.29, 1.82) is 0 Å². The van der Waals surface area contributed by atoms with Crippen LogP contribution in [0.3, 0.4) is 0 Å². The lowest BCUT2D eigenvalue weighted by Gasteiger charge is -2.26. The topological polar surface area (TPSA) is 167 Å². The van der Waals surface area contributed by atoms with Crippen LogP contribution in [0.25, 0.3) is 11.2 Å². The van der Waals surface area contributed by atoms with E-state index in [0.29, 0.717) is 31.0 Å². The molecular formula is C36H46N8O5. The Hall–Kier alpha value is -4.43. The van der Waals surface area contributed by atoms with Crippen LogP contribution < -0.4 is 16.0 Å². The predicted molar refractivity (Wildman–Crippen MR) is 185 cm³/mol. The summed E-state index contributed by atoms with van der Waals surface area (Å²) in [4.78, 5) is 42.3. The third-order valence-electron chi connectivity index (χ3n) is 9.26. The van der Waals surface area contributed by atoms with Gasteiger partial charge in [0, 0.05) is 25.6 Å². The highest BCUT2D eigenvalue weighted by molar-refractivity contribution is 5.94. The first-order valence-electron chi connectivity index (χ1n) is 17.3. The molecule has 0 unspecified atom stereocenters. The van der Waals surface area contributed by atoms with E-state index in [1.807, 2.05) is 36.4 Å². The van der Waals surface area contributed by atoms with E-state index in [-0.39, 0.29) is 17.4 Å². The number of imidazole rings is 1. The maximum atomic E-state index is 13.5. The summed E-state index contributed by atoms with van der Waals surface area (Å²) in [6.07, 6.45) is 1.62. The Morgan fingerprint density at radius 2 is 1.61 bits per heavy atom. The Morgan fingerprint density at radius 3 is 2.29 bits per heavy atom. The minimum Gasteiger partial charge on any atom is -0.387 e. The molecule has 13 heteroatoms. The molecule has 4 atom stereocenters. The minimum atomic E-state index is -1.47. The number of ether oxygens (including phenoxy) is 1. The second-order valence-electron chi connectivity index (χ2n) is 12.7. The highest BCUT2D eigenvalue weighted by atomic mass is 16.6. The molecule has 13 nitrogen and oxygen atoms in total. The van der Waals surface area contributed by atoms with Gasteiger partial charge in [-0.25, -0.2) is 15.0 Å². The van der Waals surface area contributed by atoms with Gasteiger partial charge in [0.25, 0.3) is 11.8 Å². The number of fused-ring (bicyclic) bond motifs is 1. The van der Waals surface area contributed by atoms with Crippen LogP contribution in [0.1, 0.15) is 72.9 Å². The second-order valence-corrected chi connectivity index (χ2v) is 12.7. The summed E-state index contributed by atoms with van der Waals surface area (Å²) in [5.41, 5.74) is 2.78. The van der Waals surface area contributed by atoms with E-state index in [2.05, 4.69) is 60.1 Å². The Kier molecular flexibility index (Phi) is 11.5. The molecule has 6 rings (SSSR count). The van der Waals surface area contributed by atoms with E-state index in [4.69, 9.17) is 4.74 Å². The summed E-state index contributed by atoms with van der Waals surface area (Å²) in [6.45, 7) is 6.30. The van der Waals surface area contributed by atoms with Crippen molar-refractivity contribution >= 4 is 28.8 Å². The van der Waals surface area contributed by atoms with Crippen LogP contribution in [-0.4, -0.2) is 104 Å². The van der Waals surface area contributed by atoms with Gasteiger partial charge in [0.2, 0.25) is 5.82 Å². The average molecular weight is 671 g/mol. The average Bonchev–Trinajstić information content (AvgIpc) is 3.69. The number of nitrogens with one attached hydrogen (secondary N) is 3. The van der Waals surface area contributed by atoms with Gasteiger partial charge in [-0.3, -0.25) is 14.2 Å². The molecule has 0 saturated carbocycles. The standard InChI is InChI=1S/C36H46N8O5/c1-2-37-34(47)30-28(45)29(46)36(49-30)44-23-40-27-31(39-22-26(24-14-6-3-7-15-24)25-16-8-4-9-17-25)41-32(42-33(27)44)35(48)38-18-10-13-21-43-19-11-5-12-20-43/h3-4,6-9,14-17,23,26,28-30,36,45-46H,2,5,10-13,18-22H2,1H3,(H,37,47)(H,38,48)(H,39,41,42)/t28-,29-,30-,36+/m0/s1. The van der Waals surface area contributed by atoms with Gasteiger partial charge in [0.1, 0.15) is 12.2 Å². The van der Waals surface area contributed by atoms with E-state index >= 15 is 0 Å². The third-order valence-corrected chi connectivity index (χ3v) is 9.26. The first-order valence-corrected chi connectivity index (χ1v) is 17.3. The van der Waals surface area contributed by atoms with Crippen LogP contribution in [0.15, 0.2) is 67.0 Å². The zero-order valence-electron chi connectivity index (χ0n) is 27.9. The number of aliphatic hydroxyl groups excluding tert-OH is 2. The van der Waals surface area contributed by atoms with E-state index in [1.165, 1.54) is 30.2 Å². The normalized spacial score (nSPS) is 21.2. The summed E-state index contributed by atoms with van der Waals surface area (Å²) in [7, 11) is 0. The molecule has 2 aliphatic rings. The lowest BCUT2D eigenvalue weighted by Crippen LogP contribution is -2.42. The van der Waals surface area contributed by atoms with Gasteiger partial charge in [0.05, 0.1) is 6.33 Å². The van der Waals surface area contributed by atoms with Crippen molar-refractivity contribution in [1.82, 2.24) is 35.1 Å². The molecule has 2 aromatic carbocycles. The Morgan fingerprint density at radius 1 is 0.918 bits per heavy atom. The van der Waals surface area contributed by atoms with Crippen molar-refractivity contribution < 1.29 is 24.5 Å². The van der Waals surface area contributed by atoms with Crippen molar-refractivity contribution in [2.24, 2.45) is 0 Å². The molecule has 2 amide bonds. The van der Waals surface area contributed by atoms with Gasteiger partial charge in [-0.2, -0.15) is 0 Å². The van der Waals surface area contributed by atoms with Gasteiger partial charge in [0.15, 0.2) is 29.3 Å². The molecule has 5 N–H and O–H groups in total. The van der Waals surface area contributed by atoms with E-state index in [9.17, 15) is 19.8 Å². The third kappa shape index (κ3) is 8.07. The largest absolute Gasteiger partial charge is 0.387 e. The fourth-order valence-electron chi connectivity index (χ4n) is 6.63. The number of amides is 2. The van der Waals surface area contributed by atoms with Gasteiger partial charge >= 0.3 is 0 Å². The summed E-state index contributed by atoms with van der Waals surface area (Å²) >= 11 is 0. The van der Waals surface area contributed by atoms with Crippen molar-refractivity contribution in [3.8, 4) is 0 Å². The number of carbonyl (C=O) groups excluding carboxylic acids is 2. The molecule has 0 radical (unpaired) electrons. The van der Waals surface area contributed by atoms with E-state index in [0.717, 1.165) is 43.6 Å². The molecule has 4 aromatic rings. The molecule has 0 bridgehead atoms. The van der Waals surface area contributed by atoms with Gasteiger partial charge in [-0.1, -0.05) is 67.1 Å². The summed E-state index contributed by atoms with van der Waals surface area (Å²) < 4.78 is 7.32. The van der Waals surface area contributed by atoms with Gasteiger partial charge < -0.3 is 35.8 Å². The van der Waals surface area contributed by atoms with Crippen molar-refractivity contribution in [3.05, 3.63) is 83.9 Å². The molecule has 0 spiro atoms. The SMILES string of the molecule is CCNC(=O)[C@H]1O[C@@H](n2cnc3c(NCC(c4ccccc4)c4ccccc4)nc(C(=O)NCCCCN4CCCCC4)nc32)[C@@H](O)[C@@H]1O. The summed E-state index contributed by atoms with van der Waals surface area (Å²) in [5.74, 6) is -0.751. The number of hydrogen-bond acceptors (Lipinski definition) is 10. The minimum absolute atomic E-state index is 0.0420. The smallest absolute Gasteiger partial charge is 0.289 e. The number of likely N-dealkylation sites (tertiary alicyclic amines) is 1. The lowest BCUT2D eigenvalue weighted by molar-refractivity contribution is -0.137. The van der Waals surface area contributed by atoms with Crippen LogP contribution in [0.4, 0.5) is 5.82 Å². The molecule has 4 heterocycles. The van der Waals surface area contributed by atoms with E-state index < -0.39 is 36.4 Å². The number of aliphatic hydroxyl groups is 2. The molecule has 2 saturated heterocycles. The van der Waals surface area contributed by atoms with Crippen LogP contribution in [-0.2, 0) is 9.53 Å². The molecule has 260 valence electrons. The number of unbranched alkanes of at least 4 members (excludes halogenated alkanes) is 1. The summed E-state index contributed by atoms with van der Waals surface area (Å²) in [6, 6.07) is 20.2. The Balaban J connectivity index is 1.26. The lowest BCUT2D eigenvalue weighted by atomic mass is 9.91. The van der Waals surface area contributed by atoms with Gasteiger partial charge in [-0.05, 0) is 63.4 Å². The number of anilines is 1. The molecule has 49 heavy (non-hydrogen) atoms. The number of rotatable bonds is 14. The zero-order valence-corrected chi connectivity index (χ0v) is 27.9. The van der Waals surface area contributed by atoms with Crippen LogP contribution >= 0.6 is 0 Å². The van der Waals surface area contributed by atoms with Gasteiger partial charge in [-0.15, -0.1) is 0 Å². The summed E-state index contributed by atoms with van der Waals surface area (Å²) in [5, 5.41) is 30.7. The predicted octanol–water partition coefficient (Wildman–Crippen LogP) is 2.82. The zero-order chi connectivity index (χ0) is 34.2. The molecule has 2 fully saturated rings. The fourth-order valence-corrected chi connectivity index (χ4v) is 6.63. The molecule has 0 aliphatic carbocycles. The number of piperidine rings is 1. The first kappa shape index (κ1) is 34.4. The highest BCUT2D eigenvalue weighted by Crippen LogP contribution is 2.33. The Labute approximate surface area is 286 Å². The number of benzene rings is 2. The van der Waals surface area contributed by atoms with Crippen molar-refractivity contribution in [2.75, 3.05) is 44.6 Å². The monoisotopic (exact) mass is 670 g/mol. The van der Waals surface area contributed by atoms with Crippen LogP contribution in [0.5, 0.6) is 0 Å². The van der Waals surface area contributed by atoms with E-state index in [1.54, 1.807) is 6.92 Å². The number of hydrogen-bond donors (Lipinski definition) is 5. The van der Waals surface area contributed by atoms with Crippen LogP contribution in [0, 0.1) is 0 Å². The van der Waals surface area contributed by atoms with Crippen molar-refractivity contribution in [2.45, 2.75) is 69.5 Å². The quantitative estimate of drug-likeness (QED) is 0.126. The maximum absolute atomic E-state index is 13.5. The number of likely N-dealkylation sites (N-methyl/N-ethyl adjacent to an activating group) is 1. The maximum Gasteiger partial charge on any atom is 0.289 e. The Bertz CT molecular complexity index is 1640. The second kappa shape index (κ2) is 16.3. The fraction of sp³-hybridized carbons (Fsp3) is 0.472. The molecule has 2 aliphatic heterocycles. The molecule has 2 aromatic heterocycles. The van der Waals surface area contributed by atoms with Crippen molar-refractivity contribution in [3.63, 3.8) is 0 Å². The molecular weight excluding hydrogens is 624 g/mol. The number of aromatic nitrogens is 4.